The van der Waals surface area contributed by atoms with Crippen molar-refractivity contribution in [1.82, 2.24) is 0 Å². The lowest BCUT2D eigenvalue weighted by Crippen LogP contribution is -2.27. The Balaban J connectivity index is 2.63. The van der Waals surface area contributed by atoms with Crippen LogP contribution in [0.5, 0.6) is 0 Å². The first kappa shape index (κ1) is 16.2. The van der Waals surface area contributed by atoms with Gasteiger partial charge in [-0.05, 0) is 22.4 Å². The Bertz CT molecular complexity index is 1010. The molecule has 0 fully saturated rings. The number of rotatable bonds is 4. The predicted octanol–water partition coefficient (Wildman–Crippen LogP) is 1.64. The molecule has 1 unspecified atom stereocenters. The molecule has 3 rings (SSSR count). The Kier molecular flexibility index (Phi) is 3.53. The molecule has 25 heavy (non-hydrogen) atoms. The molecule has 2 aromatic carbocycles. The molecule has 126 valence electrons. The van der Waals surface area contributed by atoms with E-state index in [4.69, 9.17) is 0 Å². The standard InChI is InChI=1S/C17H10O8/c18-14(19)8-5-4-6-2-1-3-7-9(6)10(8)12(16(22)23)13(17(24)25)11(7)15(20)21/h1-5,11H,(H,18,19)(H,20,21)(H,22,23)(H,24,25). The molecule has 0 amide bonds. The van der Waals surface area contributed by atoms with Crippen LogP contribution >= 0.6 is 0 Å². The van der Waals surface area contributed by atoms with Gasteiger partial charge in [-0.15, -0.1) is 0 Å². The van der Waals surface area contributed by atoms with Crippen molar-refractivity contribution in [3.8, 4) is 0 Å². The van der Waals surface area contributed by atoms with E-state index in [1.54, 1.807) is 6.07 Å². The van der Waals surface area contributed by atoms with Gasteiger partial charge in [-0.2, -0.15) is 0 Å². The first-order chi connectivity index (χ1) is 11.8. The third kappa shape index (κ3) is 2.23. The van der Waals surface area contributed by atoms with Crippen LogP contribution in [0.25, 0.3) is 16.3 Å². The normalized spacial score (nSPS) is 15.9. The lowest BCUT2D eigenvalue weighted by molar-refractivity contribution is -0.141. The second-order valence-electron chi connectivity index (χ2n) is 5.41. The SMILES string of the molecule is O=C(O)C1=C(C(=O)O)C(C(=O)O)c2cccc3ccc(C(=O)O)c1c23. The molecule has 0 saturated carbocycles. The van der Waals surface area contributed by atoms with E-state index in [2.05, 4.69) is 0 Å². The molecule has 8 nitrogen and oxygen atoms in total. The van der Waals surface area contributed by atoms with E-state index in [1.165, 1.54) is 24.3 Å². The van der Waals surface area contributed by atoms with Crippen LogP contribution in [-0.2, 0) is 14.4 Å². The highest BCUT2D eigenvalue weighted by Gasteiger charge is 2.41. The molecular weight excluding hydrogens is 332 g/mol. The monoisotopic (exact) mass is 342 g/mol. The van der Waals surface area contributed by atoms with Gasteiger partial charge in [0, 0.05) is 5.56 Å². The summed E-state index contributed by atoms with van der Waals surface area (Å²) in [5.74, 6) is -8.12. The summed E-state index contributed by atoms with van der Waals surface area (Å²) in [6, 6.07) is 7.03. The highest BCUT2D eigenvalue weighted by atomic mass is 16.4. The molecule has 0 saturated heterocycles. The molecule has 1 aliphatic carbocycles. The van der Waals surface area contributed by atoms with Crippen molar-refractivity contribution in [2.75, 3.05) is 0 Å². The number of carboxylic acids is 4. The fourth-order valence-electron chi connectivity index (χ4n) is 3.23. The van der Waals surface area contributed by atoms with Crippen molar-refractivity contribution in [2.24, 2.45) is 0 Å². The quantitative estimate of drug-likeness (QED) is 0.655. The topological polar surface area (TPSA) is 149 Å². The highest BCUT2D eigenvalue weighted by Crippen LogP contribution is 2.45. The Morgan fingerprint density at radius 3 is 2.00 bits per heavy atom. The number of hydrogen-bond acceptors (Lipinski definition) is 4. The van der Waals surface area contributed by atoms with Gasteiger partial charge in [0.2, 0.25) is 0 Å². The lowest BCUT2D eigenvalue weighted by Gasteiger charge is -2.26. The van der Waals surface area contributed by atoms with E-state index in [9.17, 15) is 39.6 Å². The molecule has 1 aliphatic rings. The Morgan fingerprint density at radius 1 is 0.800 bits per heavy atom. The number of hydrogen-bond donors (Lipinski definition) is 4. The number of carbonyl (C=O) groups is 4. The zero-order valence-electron chi connectivity index (χ0n) is 12.4. The van der Waals surface area contributed by atoms with Gasteiger partial charge in [0.15, 0.2) is 0 Å². The fourth-order valence-corrected chi connectivity index (χ4v) is 3.23. The number of carboxylic acid groups (broad SMARTS) is 4. The van der Waals surface area contributed by atoms with Gasteiger partial charge in [0.25, 0.3) is 0 Å². The van der Waals surface area contributed by atoms with Gasteiger partial charge >= 0.3 is 23.9 Å². The van der Waals surface area contributed by atoms with Crippen LogP contribution in [0.4, 0.5) is 0 Å². The second kappa shape index (κ2) is 5.45. The minimum Gasteiger partial charge on any atom is -0.481 e. The number of aliphatic carboxylic acids is 3. The highest BCUT2D eigenvalue weighted by molar-refractivity contribution is 6.30. The Labute approximate surface area is 139 Å². The molecule has 1 atom stereocenters. The van der Waals surface area contributed by atoms with E-state index < -0.39 is 46.5 Å². The molecule has 0 spiro atoms. The van der Waals surface area contributed by atoms with Crippen molar-refractivity contribution >= 4 is 40.2 Å². The average Bonchev–Trinajstić information content (AvgIpc) is 2.53. The lowest BCUT2D eigenvalue weighted by atomic mass is 9.75. The summed E-state index contributed by atoms with van der Waals surface area (Å²) in [6.07, 6.45) is 0. The third-order valence-electron chi connectivity index (χ3n) is 4.12. The maximum atomic E-state index is 11.8. The minimum absolute atomic E-state index is 0.0468. The van der Waals surface area contributed by atoms with Crippen LogP contribution in [0, 0.1) is 0 Å². The van der Waals surface area contributed by atoms with Crippen molar-refractivity contribution in [3.63, 3.8) is 0 Å². The smallest absolute Gasteiger partial charge is 0.336 e. The molecule has 0 aromatic heterocycles. The van der Waals surface area contributed by atoms with Crippen molar-refractivity contribution in [3.05, 3.63) is 52.6 Å². The summed E-state index contributed by atoms with van der Waals surface area (Å²) in [4.78, 5) is 46.7. The molecule has 4 N–H and O–H groups in total. The third-order valence-corrected chi connectivity index (χ3v) is 4.12. The van der Waals surface area contributed by atoms with Crippen LogP contribution in [-0.4, -0.2) is 44.3 Å². The van der Waals surface area contributed by atoms with E-state index in [-0.39, 0.29) is 16.5 Å². The summed E-state index contributed by atoms with van der Waals surface area (Å²) >= 11 is 0. The van der Waals surface area contributed by atoms with E-state index in [0.717, 1.165) is 0 Å². The zero-order valence-corrected chi connectivity index (χ0v) is 12.4. The predicted molar refractivity (Wildman–Crippen MR) is 83.5 cm³/mol. The number of benzene rings is 2. The van der Waals surface area contributed by atoms with Crippen molar-refractivity contribution in [2.45, 2.75) is 5.92 Å². The van der Waals surface area contributed by atoms with E-state index in [1.807, 2.05) is 0 Å². The first-order valence-electron chi connectivity index (χ1n) is 6.98. The first-order valence-corrected chi connectivity index (χ1v) is 6.98. The fraction of sp³-hybridized carbons (Fsp3) is 0.0588. The number of aromatic carboxylic acids is 1. The van der Waals surface area contributed by atoms with Crippen LogP contribution in [0.15, 0.2) is 35.9 Å². The molecule has 0 bridgehead atoms. The Morgan fingerprint density at radius 2 is 1.48 bits per heavy atom. The average molecular weight is 342 g/mol. The zero-order chi connectivity index (χ0) is 18.5. The summed E-state index contributed by atoms with van der Waals surface area (Å²) in [5.41, 5.74) is -2.33. The molecule has 8 heteroatoms. The van der Waals surface area contributed by atoms with Gasteiger partial charge in [-0.3, -0.25) is 4.79 Å². The van der Waals surface area contributed by atoms with Crippen LogP contribution < -0.4 is 0 Å². The van der Waals surface area contributed by atoms with E-state index in [0.29, 0.717) is 5.39 Å². The van der Waals surface area contributed by atoms with E-state index >= 15 is 0 Å². The molecule has 0 aliphatic heterocycles. The van der Waals surface area contributed by atoms with Gasteiger partial charge in [-0.25, -0.2) is 14.4 Å². The molecule has 0 heterocycles. The summed E-state index contributed by atoms with van der Waals surface area (Å²) in [6.45, 7) is 0. The molecular formula is C17H10O8. The summed E-state index contributed by atoms with van der Waals surface area (Å²) in [5, 5.41) is 38.4. The van der Waals surface area contributed by atoms with Crippen molar-refractivity contribution in [1.29, 1.82) is 0 Å². The Hall–Kier alpha value is -3.68. The van der Waals surface area contributed by atoms with Gasteiger partial charge in [0.05, 0.1) is 16.7 Å². The van der Waals surface area contributed by atoms with Crippen LogP contribution in [0.1, 0.15) is 27.4 Å². The van der Waals surface area contributed by atoms with Gasteiger partial charge in [0.1, 0.15) is 5.92 Å². The second-order valence-corrected chi connectivity index (χ2v) is 5.41. The molecule has 0 radical (unpaired) electrons. The summed E-state index contributed by atoms with van der Waals surface area (Å²) in [7, 11) is 0. The molecule has 2 aromatic rings. The maximum absolute atomic E-state index is 11.8. The van der Waals surface area contributed by atoms with Crippen molar-refractivity contribution < 1.29 is 39.6 Å². The van der Waals surface area contributed by atoms with Gasteiger partial charge < -0.3 is 20.4 Å². The minimum atomic E-state index is -1.73. The summed E-state index contributed by atoms with van der Waals surface area (Å²) < 4.78 is 0. The van der Waals surface area contributed by atoms with Crippen LogP contribution in [0.3, 0.4) is 0 Å². The largest absolute Gasteiger partial charge is 0.481 e. The van der Waals surface area contributed by atoms with Gasteiger partial charge in [-0.1, -0.05) is 24.3 Å². The maximum Gasteiger partial charge on any atom is 0.336 e. The van der Waals surface area contributed by atoms with Crippen LogP contribution in [0.2, 0.25) is 0 Å².